The molecule has 86 valence electrons. The summed E-state index contributed by atoms with van der Waals surface area (Å²) in [7, 11) is 0. The Bertz CT molecular complexity index is 508. The van der Waals surface area contributed by atoms with Crippen LogP contribution in [0.15, 0.2) is 54.6 Å². The van der Waals surface area contributed by atoms with Crippen molar-refractivity contribution < 1.29 is 4.79 Å². The smallest absolute Gasteiger partial charge is 0.180 e. The molecule has 0 amide bonds. The fourth-order valence-corrected chi connectivity index (χ4v) is 2.23. The molecule has 3 heteroatoms. The Morgan fingerprint density at radius 3 is 2.18 bits per heavy atom. The molecule has 0 bridgehead atoms. The van der Waals surface area contributed by atoms with E-state index < -0.39 is 0 Å². The van der Waals surface area contributed by atoms with Gasteiger partial charge in [-0.05, 0) is 29.8 Å². The SMILES string of the molecule is O=C(c1ccc(Cl)cc1)[C@H](Br)c1ccccc1. The summed E-state index contributed by atoms with van der Waals surface area (Å²) in [6.45, 7) is 0. The van der Waals surface area contributed by atoms with Gasteiger partial charge in [0, 0.05) is 10.6 Å². The van der Waals surface area contributed by atoms with Gasteiger partial charge in [0.15, 0.2) is 5.78 Å². The summed E-state index contributed by atoms with van der Waals surface area (Å²) in [6, 6.07) is 16.5. The number of alkyl halides is 1. The van der Waals surface area contributed by atoms with Gasteiger partial charge in [-0.15, -0.1) is 0 Å². The Hall–Kier alpha value is -1.12. The average molecular weight is 310 g/mol. The molecule has 2 aromatic carbocycles. The van der Waals surface area contributed by atoms with Gasteiger partial charge in [-0.1, -0.05) is 57.9 Å². The van der Waals surface area contributed by atoms with E-state index in [2.05, 4.69) is 15.9 Å². The lowest BCUT2D eigenvalue weighted by Gasteiger charge is -2.09. The monoisotopic (exact) mass is 308 g/mol. The summed E-state index contributed by atoms with van der Waals surface area (Å²) < 4.78 is 0. The molecule has 0 radical (unpaired) electrons. The Morgan fingerprint density at radius 1 is 1.00 bits per heavy atom. The van der Waals surface area contributed by atoms with Crippen LogP contribution in [0.4, 0.5) is 0 Å². The fourth-order valence-electron chi connectivity index (χ4n) is 1.53. The number of Topliss-reactive ketones (excluding diaryl/α,β-unsaturated/α-hetero) is 1. The lowest BCUT2D eigenvalue weighted by atomic mass is 10.0. The lowest BCUT2D eigenvalue weighted by molar-refractivity contribution is 0.0991. The normalized spacial score (nSPS) is 12.1. The van der Waals surface area contributed by atoms with Crippen LogP contribution in [0, 0.1) is 0 Å². The van der Waals surface area contributed by atoms with Crippen molar-refractivity contribution in [2.75, 3.05) is 0 Å². The van der Waals surface area contributed by atoms with Gasteiger partial charge in [0.2, 0.25) is 0 Å². The molecule has 1 nitrogen and oxygen atoms in total. The number of halogens is 2. The van der Waals surface area contributed by atoms with E-state index in [1.165, 1.54) is 0 Å². The highest BCUT2D eigenvalue weighted by Crippen LogP contribution is 2.27. The van der Waals surface area contributed by atoms with Crippen LogP contribution < -0.4 is 0 Å². The highest BCUT2D eigenvalue weighted by molar-refractivity contribution is 9.09. The van der Waals surface area contributed by atoms with Crippen LogP contribution in [-0.4, -0.2) is 5.78 Å². The van der Waals surface area contributed by atoms with Crippen molar-refractivity contribution in [1.82, 2.24) is 0 Å². The van der Waals surface area contributed by atoms with E-state index in [4.69, 9.17) is 11.6 Å². The molecule has 0 aliphatic heterocycles. The Balaban J connectivity index is 2.23. The molecule has 0 aromatic heterocycles. The van der Waals surface area contributed by atoms with Crippen LogP contribution in [0.25, 0.3) is 0 Å². The van der Waals surface area contributed by atoms with Gasteiger partial charge in [0.05, 0.1) is 0 Å². The quantitative estimate of drug-likeness (QED) is 0.595. The van der Waals surface area contributed by atoms with Crippen molar-refractivity contribution in [2.24, 2.45) is 0 Å². The third kappa shape index (κ3) is 2.96. The summed E-state index contributed by atoms with van der Waals surface area (Å²) in [5.74, 6) is 0.0351. The molecule has 0 unspecified atom stereocenters. The molecule has 1 atom stereocenters. The number of benzene rings is 2. The number of carbonyl (C=O) groups excluding carboxylic acids is 1. The van der Waals surface area contributed by atoms with Gasteiger partial charge in [0.1, 0.15) is 4.83 Å². The molecular weight excluding hydrogens is 300 g/mol. The maximum absolute atomic E-state index is 12.2. The molecular formula is C14H10BrClO. The Kier molecular flexibility index (Phi) is 3.97. The number of hydrogen-bond acceptors (Lipinski definition) is 1. The van der Waals surface area contributed by atoms with Gasteiger partial charge in [0.25, 0.3) is 0 Å². The second-order valence-electron chi connectivity index (χ2n) is 3.64. The second-order valence-corrected chi connectivity index (χ2v) is 5.00. The zero-order chi connectivity index (χ0) is 12.3. The van der Waals surface area contributed by atoms with Crippen LogP contribution in [-0.2, 0) is 0 Å². The molecule has 2 rings (SSSR count). The summed E-state index contributed by atoms with van der Waals surface area (Å²) in [5, 5.41) is 0.632. The van der Waals surface area contributed by atoms with E-state index >= 15 is 0 Å². The first-order valence-electron chi connectivity index (χ1n) is 5.17. The minimum absolute atomic E-state index is 0.0351. The summed E-state index contributed by atoms with van der Waals surface area (Å²) in [5.41, 5.74) is 1.60. The Morgan fingerprint density at radius 2 is 1.59 bits per heavy atom. The van der Waals surface area contributed by atoms with Gasteiger partial charge in [-0.2, -0.15) is 0 Å². The number of ketones is 1. The standard InChI is InChI=1S/C14H10BrClO/c15-13(10-4-2-1-3-5-10)14(17)11-6-8-12(16)9-7-11/h1-9,13H/t13-/m1/s1. The van der Waals surface area contributed by atoms with E-state index in [-0.39, 0.29) is 10.6 Å². The van der Waals surface area contributed by atoms with Gasteiger partial charge in [-0.25, -0.2) is 0 Å². The largest absolute Gasteiger partial charge is 0.293 e. The topological polar surface area (TPSA) is 17.1 Å². The molecule has 0 N–H and O–H groups in total. The highest BCUT2D eigenvalue weighted by atomic mass is 79.9. The zero-order valence-corrected chi connectivity index (χ0v) is 11.3. The Labute approximate surface area is 114 Å². The van der Waals surface area contributed by atoms with Crippen LogP contribution >= 0.6 is 27.5 Å². The first-order chi connectivity index (χ1) is 8.18. The third-order valence-electron chi connectivity index (χ3n) is 2.45. The molecule has 0 heterocycles. The van der Waals surface area contributed by atoms with Gasteiger partial charge >= 0.3 is 0 Å². The maximum Gasteiger partial charge on any atom is 0.180 e. The van der Waals surface area contributed by atoms with Crippen LogP contribution in [0.3, 0.4) is 0 Å². The summed E-state index contributed by atoms with van der Waals surface area (Å²) >= 11 is 9.21. The van der Waals surface area contributed by atoms with E-state index in [0.29, 0.717) is 10.6 Å². The lowest BCUT2D eigenvalue weighted by Crippen LogP contribution is -2.06. The summed E-state index contributed by atoms with van der Waals surface area (Å²) in [6.07, 6.45) is 0. The van der Waals surface area contributed by atoms with Crippen molar-refractivity contribution >= 4 is 33.3 Å². The van der Waals surface area contributed by atoms with Crippen molar-refractivity contribution in [3.63, 3.8) is 0 Å². The van der Waals surface area contributed by atoms with Crippen LogP contribution in [0.5, 0.6) is 0 Å². The van der Waals surface area contributed by atoms with E-state index in [1.54, 1.807) is 24.3 Å². The van der Waals surface area contributed by atoms with Crippen molar-refractivity contribution in [1.29, 1.82) is 0 Å². The van der Waals surface area contributed by atoms with E-state index in [9.17, 15) is 4.79 Å². The highest BCUT2D eigenvalue weighted by Gasteiger charge is 2.18. The molecule has 0 saturated carbocycles. The van der Waals surface area contributed by atoms with Crippen molar-refractivity contribution in [3.05, 3.63) is 70.7 Å². The molecule has 2 aromatic rings. The van der Waals surface area contributed by atoms with Gasteiger partial charge < -0.3 is 0 Å². The first-order valence-corrected chi connectivity index (χ1v) is 6.46. The molecule has 0 aliphatic carbocycles. The predicted molar refractivity (Wildman–Crippen MR) is 73.9 cm³/mol. The molecule has 0 aliphatic rings. The van der Waals surface area contributed by atoms with E-state index in [1.807, 2.05) is 30.3 Å². The zero-order valence-electron chi connectivity index (χ0n) is 8.94. The third-order valence-corrected chi connectivity index (χ3v) is 3.65. The molecule has 0 saturated heterocycles. The minimum Gasteiger partial charge on any atom is -0.293 e. The average Bonchev–Trinajstić information content (AvgIpc) is 2.39. The fraction of sp³-hybridized carbons (Fsp3) is 0.0714. The first kappa shape index (κ1) is 12.3. The van der Waals surface area contributed by atoms with Crippen molar-refractivity contribution in [2.45, 2.75) is 4.83 Å². The molecule has 17 heavy (non-hydrogen) atoms. The molecule has 0 fully saturated rings. The summed E-state index contributed by atoms with van der Waals surface area (Å²) in [4.78, 5) is 11.9. The second kappa shape index (κ2) is 5.48. The van der Waals surface area contributed by atoms with E-state index in [0.717, 1.165) is 5.56 Å². The number of rotatable bonds is 3. The number of carbonyl (C=O) groups is 1. The van der Waals surface area contributed by atoms with Gasteiger partial charge in [-0.3, -0.25) is 4.79 Å². The van der Waals surface area contributed by atoms with Crippen molar-refractivity contribution in [3.8, 4) is 0 Å². The maximum atomic E-state index is 12.2. The molecule has 0 spiro atoms. The predicted octanol–water partition coefficient (Wildman–Crippen LogP) is 4.66. The minimum atomic E-state index is -0.315. The van der Waals surface area contributed by atoms with Crippen LogP contribution in [0.1, 0.15) is 20.7 Å². The number of hydrogen-bond donors (Lipinski definition) is 0. The van der Waals surface area contributed by atoms with Crippen LogP contribution in [0.2, 0.25) is 5.02 Å².